The van der Waals surface area contributed by atoms with Gasteiger partial charge in [0.2, 0.25) is 0 Å². The third kappa shape index (κ3) is 2.83. The Kier molecular flexibility index (Phi) is 2.97. The van der Waals surface area contributed by atoms with Gasteiger partial charge in [0.1, 0.15) is 12.6 Å². The summed E-state index contributed by atoms with van der Waals surface area (Å²) >= 11 is 0. The Morgan fingerprint density at radius 2 is 2.06 bits per heavy atom. The zero-order chi connectivity index (χ0) is 11.6. The SMILES string of the molecule is CC(C)(O)CC1=N[C@H](c2ccccc2)CO1. The second kappa shape index (κ2) is 4.26. The van der Waals surface area contributed by atoms with E-state index in [1.54, 1.807) is 13.8 Å². The van der Waals surface area contributed by atoms with Gasteiger partial charge in [-0.15, -0.1) is 0 Å². The van der Waals surface area contributed by atoms with E-state index in [4.69, 9.17) is 4.74 Å². The van der Waals surface area contributed by atoms with Crippen LogP contribution in [-0.4, -0.2) is 23.2 Å². The van der Waals surface area contributed by atoms with Crippen molar-refractivity contribution in [2.24, 2.45) is 4.99 Å². The smallest absolute Gasteiger partial charge is 0.186 e. The molecular weight excluding hydrogens is 202 g/mol. The molecule has 1 aromatic carbocycles. The van der Waals surface area contributed by atoms with E-state index >= 15 is 0 Å². The number of aliphatic hydroxyl groups is 1. The molecule has 2 rings (SSSR count). The molecular formula is C13H17NO2. The molecule has 3 heteroatoms. The first kappa shape index (κ1) is 11.1. The molecule has 0 saturated heterocycles. The van der Waals surface area contributed by atoms with Gasteiger partial charge in [0.25, 0.3) is 0 Å². The predicted octanol–water partition coefficient (Wildman–Crippen LogP) is 2.32. The van der Waals surface area contributed by atoms with Gasteiger partial charge in [0.05, 0.1) is 12.0 Å². The first-order chi connectivity index (χ1) is 7.54. The summed E-state index contributed by atoms with van der Waals surface area (Å²) in [5.41, 5.74) is 0.401. The Morgan fingerprint density at radius 3 is 2.69 bits per heavy atom. The molecule has 0 amide bonds. The third-order valence-corrected chi connectivity index (χ3v) is 2.48. The Bertz CT molecular complexity index is 379. The van der Waals surface area contributed by atoms with Crippen molar-refractivity contribution in [1.29, 1.82) is 0 Å². The number of hydrogen-bond acceptors (Lipinski definition) is 3. The maximum absolute atomic E-state index is 9.67. The lowest BCUT2D eigenvalue weighted by molar-refractivity contribution is 0.0826. The fourth-order valence-electron chi connectivity index (χ4n) is 1.74. The van der Waals surface area contributed by atoms with Crippen LogP contribution in [0.5, 0.6) is 0 Å². The zero-order valence-corrected chi connectivity index (χ0v) is 9.68. The minimum Gasteiger partial charge on any atom is -0.478 e. The van der Waals surface area contributed by atoms with E-state index in [0.717, 1.165) is 5.56 Å². The van der Waals surface area contributed by atoms with E-state index in [0.29, 0.717) is 18.9 Å². The number of rotatable bonds is 3. The summed E-state index contributed by atoms with van der Waals surface area (Å²) in [4.78, 5) is 4.48. The van der Waals surface area contributed by atoms with Gasteiger partial charge < -0.3 is 9.84 Å². The maximum Gasteiger partial charge on any atom is 0.186 e. The van der Waals surface area contributed by atoms with Crippen LogP contribution in [0.25, 0.3) is 0 Å². The molecule has 3 nitrogen and oxygen atoms in total. The maximum atomic E-state index is 9.67. The summed E-state index contributed by atoms with van der Waals surface area (Å²) in [6, 6.07) is 10.2. The highest BCUT2D eigenvalue weighted by atomic mass is 16.5. The topological polar surface area (TPSA) is 41.8 Å². The number of aliphatic imine (C=N–C) groups is 1. The Labute approximate surface area is 95.8 Å². The highest BCUT2D eigenvalue weighted by Gasteiger charge is 2.25. The van der Waals surface area contributed by atoms with Crippen LogP contribution in [0.1, 0.15) is 31.9 Å². The van der Waals surface area contributed by atoms with Crippen molar-refractivity contribution < 1.29 is 9.84 Å². The monoisotopic (exact) mass is 219 g/mol. The molecule has 1 aromatic rings. The number of ether oxygens (including phenoxy) is 1. The van der Waals surface area contributed by atoms with E-state index in [-0.39, 0.29) is 6.04 Å². The molecule has 86 valence electrons. The van der Waals surface area contributed by atoms with Crippen LogP contribution in [0.15, 0.2) is 35.3 Å². The molecule has 0 radical (unpaired) electrons. The van der Waals surface area contributed by atoms with Gasteiger partial charge in [0, 0.05) is 0 Å². The van der Waals surface area contributed by atoms with Crippen LogP contribution < -0.4 is 0 Å². The lowest BCUT2D eigenvalue weighted by atomic mass is 10.1. The van der Waals surface area contributed by atoms with E-state index < -0.39 is 5.60 Å². The summed E-state index contributed by atoms with van der Waals surface area (Å²) in [5, 5.41) is 9.67. The first-order valence-electron chi connectivity index (χ1n) is 5.51. The summed E-state index contributed by atoms with van der Waals surface area (Å²) in [7, 11) is 0. The van der Waals surface area contributed by atoms with E-state index in [1.165, 1.54) is 0 Å². The highest BCUT2D eigenvalue weighted by molar-refractivity contribution is 5.78. The van der Waals surface area contributed by atoms with Crippen molar-refractivity contribution in [3.8, 4) is 0 Å². The Hall–Kier alpha value is -1.35. The molecule has 1 heterocycles. The lowest BCUT2D eigenvalue weighted by Gasteiger charge is -2.15. The van der Waals surface area contributed by atoms with Gasteiger partial charge in [-0.2, -0.15) is 0 Å². The van der Waals surface area contributed by atoms with Crippen molar-refractivity contribution in [3.05, 3.63) is 35.9 Å². The van der Waals surface area contributed by atoms with Gasteiger partial charge in [-0.05, 0) is 19.4 Å². The summed E-state index contributed by atoms with van der Waals surface area (Å²) in [6.45, 7) is 4.10. The molecule has 16 heavy (non-hydrogen) atoms. The van der Waals surface area contributed by atoms with Crippen molar-refractivity contribution in [1.82, 2.24) is 0 Å². The standard InChI is InChI=1S/C13H17NO2/c1-13(2,15)8-12-14-11(9-16-12)10-6-4-3-5-7-10/h3-7,11,15H,8-9H2,1-2H3/t11-/m0/s1. The second-order valence-electron chi connectivity index (χ2n) is 4.75. The minimum atomic E-state index is -0.760. The van der Waals surface area contributed by atoms with E-state index in [1.807, 2.05) is 30.3 Å². The lowest BCUT2D eigenvalue weighted by Crippen LogP contribution is -2.23. The number of benzene rings is 1. The summed E-state index contributed by atoms with van der Waals surface area (Å²) in [6.07, 6.45) is 0.469. The van der Waals surface area contributed by atoms with Crippen molar-refractivity contribution in [3.63, 3.8) is 0 Å². The normalized spacial score (nSPS) is 20.4. The van der Waals surface area contributed by atoms with Gasteiger partial charge in [-0.1, -0.05) is 30.3 Å². The van der Waals surface area contributed by atoms with Crippen LogP contribution in [-0.2, 0) is 4.74 Å². The van der Waals surface area contributed by atoms with Crippen LogP contribution in [0.3, 0.4) is 0 Å². The molecule has 0 bridgehead atoms. The molecule has 1 N–H and O–H groups in total. The van der Waals surface area contributed by atoms with Crippen LogP contribution >= 0.6 is 0 Å². The average Bonchev–Trinajstić information content (AvgIpc) is 2.65. The Balaban J connectivity index is 2.07. The van der Waals surface area contributed by atoms with Gasteiger partial charge >= 0.3 is 0 Å². The predicted molar refractivity (Wildman–Crippen MR) is 63.5 cm³/mol. The molecule has 0 saturated carbocycles. The molecule has 0 aliphatic carbocycles. The van der Waals surface area contributed by atoms with E-state index in [2.05, 4.69) is 4.99 Å². The Morgan fingerprint density at radius 1 is 1.38 bits per heavy atom. The largest absolute Gasteiger partial charge is 0.478 e. The molecule has 1 aliphatic rings. The molecule has 0 fully saturated rings. The molecule has 0 unspecified atom stereocenters. The average molecular weight is 219 g/mol. The minimum absolute atomic E-state index is 0.0820. The zero-order valence-electron chi connectivity index (χ0n) is 9.68. The highest BCUT2D eigenvalue weighted by Crippen LogP contribution is 2.25. The van der Waals surface area contributed by atoms with Gasteiger partial charge in [-0.3, -0.25) is 0 Å². The van der Waals surface area contributed by atoms with Crippen molar-refractivity contribution in [2.45, 2.75) is 31.9 Å². The fourth-order valence-corrected chi connectivity index (χ4v) is 1.74. The summed E-state index contributed by atoms with van der Waals surface area (Å²) < 4.78 is 5.49. The van der Waals surface area contributed by atoms with E-state index in [9.17, 15) is 5.11 Å². The molecule has 0 spiro atoms. The van der Waals surface area contributed by atoms with Gasteiger partial charge in [0.15, 0.2) is 5.90 Å². The third-order valence-electron chi connectivity index (χ3n) is 2.48. The number of hydrogen-bond donors (Lipinski definition) is 1. The molecule has 0 aromatic heterocycles. The quantitative estimate of drug-likeness (QED) is 0.847. The van der Waals surface area contributed by atoms with Gasteiger partial charge in [-0.25, -0.2) is 4.99 Å². The molecule has 1 aliphatic heterocycles. The van der Waals surface area contributed by atoms with Crippen molar-refractivity contribution in [2.75, 3.05) is 6.61 Å². The van der Waals surface area contributed by atoms with Crippen LogP contribution in [0.2, 0.25) is 0 Å². The summed E-state index contributed by atoms with van der Waals surface area (Å²) in [5.74, 6) is 0.654. The second-order valence-corrected chi connectivity index (χ2v) is 4.75. The first-order valence-corrected chi connectivity index (χ1v) is 5.51. The molecule has 1 atom stereocenters. The van der Waals surface area contributed by atoms with Crippen molar-refractivity contribution >= 4 is 5.90 Å². The van der Waals surface area contributed by atoms with Crippen LogP contribution in [0.4, 0.5) is 0 Å². The fraction of sp³-hybridized carbons (Fsp3) is 0.462. The number of nitrogens with zero attached hydrogens (tertiary/aromatic N) is 1. The van der Waals surface area contributed by atoms with Crippen LogP contribution in [0, 0.1) is 0 Å².